The van der Waals surface area contributed by atoms with Gasteiger partial charge in [-0.1, -0.05) is 17.7 Å². The van der Waals surface area contributed by atoms with Crippen LogP contribution in [0.25, 0.3) is 11.0 Å². The van der Waals surface area contributed by atoms with Crippen molar-refractivity contribution in [2.24, 2.45) is 5.10 Å². The highest BCUT2D eigenvalue weighted by atomic mass is 16.3. The van der Waals surface area contributed by atoms with Gasteiger partial charge in [-0.05, 0) is 56.5 Å². The fourth-order valence-corrected chi connectivity index (χ4v) is 3.06. The normalized spacial score (nSPS) is 11.4. The molecule has 0 saturated heterocycles. The molecular weight excluding hydrogens is 316 g/mol. The zero-order valence-corrected chi connectivity index (χ0v) is 14.7. The SMILES string of the molecule is Cc1cc(C)c(/C=N/NC(=O)c2ccc3occ(C)c3c2O)c(C)c1. The molecule has 3 rings (SSSR count). The summed E-state index contributed by atoms with van der Waals surface area (Å²) in [7, 11) is 0. The molecule has 25 heavy (non-hydrogen) atoms. The molecule has 1 heterocycles. The highest BCUT2D eigenvalue weighted by molar-refractivity contribution is 6.03. The molecule has 0 unspecified atom stereocenters. The number of nitrogens with one attached hydrogen (secondary N) is 1. The lowest BCUT2D eigenvalue weighted by molar-refractivity contribution is 0.0952. The summed E-state index contributed by atoms with van der Waals surface area (Å²) >= 11 is 0. The number of carbonyl (C=O) groups excluding carboxylic acids is 1. The molecule has 5 heteroatoms. The maximum Gasteiger partial charge on any atom is 0.275 e. The molecule has 0 aliphatic rings. The number of nitrogens with zero attached hydrogens (tertiary/aromatic N) is 1. The van der Waals surface area contributed by atoms with E-state index in [-0.39, 0.29) is 11.3 Å². The zero-order valence-electron chi connectivity index (χ0n) is 14.7. The number of aryl methyl sites for hydroxylation is 4. The summed E-state index contributed by atoms with van der Waals surface area (Å²) in [6, 6.07) is 7.32. The molecular formula is C20H20N2O3. The number of hydrazone groups is 1. The number of phenolic OH excluding ortho intramolecular Hbond substituents is 1. The highest BCUT2D eigenvalue weighted by Crippen LogP contribution is 2.32. The second-order valence-corrected chi connectivity index (χ2v) is 6.27. The number of hydrogen-bond acceptors (Lipinski definition) is 4. The summed E-state index contributed by atoms with van der Waals surface area (Å²) < 4.78 is 5.32. The number of fused-ring (bicyclic) bond motifs is 1. The summed E-state index contributed by atoms with van der Waals surface area (Å²) in [5.74, 6) is -0.571. The summed E-state index contributed by atoms with van der Waals surface area (Å²) in [6.45, 7) is 7.86. The quantitative estimate of drug-likeness (QED) is 0.558. The second kappa shape index (κ2) is 6.43. The molecule has 0 radical (unpaired) electrons. The Morgan fingerprint density at radius 3 is 2.48 bits per heavy atom. The van der Waals surface area contributed by atoms with E-state index in [1.165, 1.54) is 11.6 Å². The molecule has 0 saturated carbocycles. The number of carbonyl (C=O) groups is 1. The third-order valence-electron chi connectivity index (χ3n) is 4.24. The minimum Gasteiger partial charge on any atom is -0.506 e. The van der Waals surface area contributed by atoms with Gasteiger partial charge in [-0.2, -0.15) is 5.10 Å². The van der Waals surface area contributed by atoms with Crippen molar-refractivity contribution >= 4 is 23.1 Å². The van der Waals surface area contributed by atoms with Gasteiger partial charge in [0.25, 0.3) is 5.91 Å². The van der Waals surface area contributed by atoms with Gasteiger partial charge in [-0.15, -0.1) is 0 Å². The van der Waals surface area contributed by atoms with Gasteiger partial charge in [0, 0.05) is 5.56 Å². The lowest BCUT2D eigenvalue weighted by Gasteiger charge is -2.07. The Morgan fingerprint density at radius 2 is 1.80 bits per heavy atom. The van der Waals surface area contributed by atoms with Crippen LogP contribution in [0.15, 0.2) is 40.0 Å². The maximum atomic E-state index is 12.3. The van der Waals surface area contributed by atoms with E-state index in [0.717, 1.165) is 22.3 Å². The average Bonchev–Trinajstić information content (AvgIpc) is 2.92. The van der Waals surface area contributed by atoms with E-state index in [1.807, 2.05) is 27.7 Å². The number of furan rings is 1. The summed E-state index contributed by atoms with van der Waals surface area (Å²) in [5.41, 5.74) is 8.29. The molecule has 0 aliphatic carbocycles. The summed E-state index contributed by atoms with van der Waals surface area (Å²) in [5, 5.41) is 14.9. The molecule has 2 N–H and O–H groups in total. The third-order valence-corrected chi connectivity index (χ3v) is 4.24. The van der Waals surface area contributed by atoms with E-state index in [0.29, 0.717) is 11.0 Å². The average molecular weight is 336 g/mol. The standard InChI is InChI=1S/C20H20N2O3/c1-11-7-12(2)16(13(3)8-11)9-21-22-20(24)15-5-6-17-18(19(15)23)14(4)10-25-17/h5-10,23H,1-4H3,(H,22,24)/b21-9+. The predicted molar refractivity (Wildman–Crippen MR) is 98.3 cm³/mol. The maximum absolute atomic E-state index is 12.3. The van der Waals surface area contributed by atoms with Gasteiger partial charge in [0.05, 0.1) is 23.4 Å². The van der Waals surface area contributed by atoms with Crippen molar-refractivity contribution in [1.82, 2.24) is 5.43 Å². The molecule has 0 fully saturated rings. The minimum atomic E-state index is -0.473. The van der Waals surface area contributed by atoms with Crippen molar-refractivity contribution in [2.75, 3.05) is 0 Å². The highest BCUT2D eigenvalue weighted by Gasteiger charge is 2.16. The van der Waals surface area contributed by atoms with Crippen molar-refractivity contribution in [3.8, 4) is 5.75 Å². The minimum absolute atomic E-state index is 0.0980. The number of amides is 1. The molecule has 0 bridgehead atoms. The van der Waals surface area contributed by atoms with Crippen LogP contribution in [-0.2, 0) is 0 Å². The Kier molecular flexibility index (Phi) is 4.31. The number of benzene rings is 2. The van der Waals surface area contributed by atoms with Crippen molar-refractivity contribution in [3.05, 3.63) is 63.9 Å². The van der Waals surface area contributed by atoms with E-state index < -0.39 is 5.91 Å². The Balaban J connectivity index is 1.84. The molecule has 128 valence electrons. The Bertz CT molecular complexity index is 977. The van der Waals surface area contributed by atoms with Gasteiger partial charge in [0.1, 0.15) is 11.3 Å². The van der Waals surface area contributed by atoms with Gasteiger partial charge >= 0.3 is 0 Å². The van der Waals surface area contributed by atoms with E-state index in [1.54, 1.807) is 18.5 Å². The Hall–Kier alpha value is -3.08. The fourth-order valence-electron chi connectivity index (χ4n) is 3.06. The zero-order chi connectivity index (χ0) is 18.1. The van der Waals surface area contributed by atoms with Crippen LogP contribution in [0.1, 0.15) is 38.2 Å². The largest absolute Gasteiger partial charge is 0.506 e. The van der Waals surface area contributed by atoms with Crippen molar-refractivity contribution in [2.45, 2.75) is 27.7 Å². The molecule has 3 aromatic rings. The first-order valence-electron chi connectivity index (χ1n) is 7.99. The van der Waals surface area contributed by atoms with Crippen LogP contribution in [-0.4, -0.2) is 17.2 Å². The van der Waals surface area contributed by atoms with Crippen LogP contribution in [0.2, 0.25) is 0 Å². The van der Waals surface area contributed by atoms with Crippen LogP contribution in [0.3, 0.4) is 0 Å². The molecule has 0 spiro atoms. The van der Waals surface area contributed by atoms with E-state index in [4.69, 9.17) is 4.42 Å². The first-order valence-corrected chi connectivity index (χ1v) is 7.99. The van der Waals surface area contributed by atoms with Crippen molar-refractivity contribution in [1.29, 1.82) is 0 Å². The molecule has 1 amide bonds. The Labute approximate surface area is 146 Å². The van der Waals surface area contributed by atoms with Gasteiger partial charge in [0.2, 0.25) is 0 Å². The Morgan fingerprint density at radius 1 is 1.12 bits per heavy atom. The lowest BCUT2D eigenvalue weighted by atomic mass is 10.0. The first-order chi connectivity index (χ1) is 11.9. The third kappa shape index (κ3) is 3.13. The van der Waals surface area contributed by atoms with E-state index >= 15 is 0 Å². The van der Waals surface area contributed by atoms with Crippen molar-refractivity contribution < 1.29 is 14.3 Å². The molecule has 5 nitrogen and oxygen atoms in total. The molecule has 0 aliphatic heterocycles. The van der Waals surface area contributed by atoms with Crippen molar-refractivity contribution in [3.63, 3.8) is 0 Å². The smallest absolute Gasteiger partial charge is 0.275 e. The molecule has 1 aromatic heterocycles. The van der Waals surface area contributed by atoms with Gasteiger partial charge < -0.3 is 9.52 Å². The van der Waals surface area contributed by atoms with Gasteiger partial charge in [-0.25, -0.2) is 5.43 Å². The van der Waals surface area contributed by atoms with Crippen LogP contribution in [0.4, 0.5) is 0 Å². The van der Waals surface area contributed by atoms with Gasteiger partial charge in [-0.3, -0.25) is 4.79 Å². The summed E-state index contributed by atoms with van der Waals surface area (Å²) in [4.78, 5) is 12.3. The number of hydrogen-bond donors (Lipinski definition) is 2. The van der Waals surface area contributed by atoms with Crippen LogP contribution in [0, 0.1) is 27.7 Å². The van der Waals surface area contributed by atoms with Gasteiger partial charge in [0.15, 0.2) is 0 Å². The first kappa shape index (κ1) is 16.8. The van der Waals surface area contributed by atoms with Crippen LogP contribution < -0.4 is 5.43 Å². The molecule has 2 aromatic carbocycles. The second-order valence-electron chi connectivity index (χ2n) is 6.27. The predicted octanol–water partition coefficient (Wildman–Crippen LogP) is 4.14. The molecule has 0 atom stereocenters. The number of phenols is 1. The fraction of sp³-hybridized carbons (Fsp3) is 0.200. The van der Waals surface area contributed by atoms with E-state index in [2.05, 4.69) is 22.7 Å². The number of rotatable bonds is 3. The topological polar surface area (TPSA) is 74.8 Å². The van der Waals surface area contributed by atoms with E-state index in [9.17, 15) is 9.90 Å². The van der Waals surface area contributed by atoms with Crippen LogP contribution in [0.5, 0.6) is 5.75 Å². The monoisotopic (exact) mass is 336 g/mol. The van der Waals surface area contributed by atoms with Crippen LogP contribution >= 0.6 is 0 Å². The number of aromatic hydroxyl groups is 1. The summed E-state index contributed by atoms with van der Waals surface area (Å²) in [6.07, 6.45) is 3.17. The lowest BCUT2D eigenvalue weighted by Crippen LogP contribution is -2.18.